The van der Waals surface area contributed by atoms with Crippen molar-refractivity contribution < 1.29 is 4.79 Å². The van der Waals surface area contributed by atoms with Crippen molar-refractivity contribution in [2.45, 2.75) is 12.5 Å². The van der Waals surface area contributed by atoms with E-state index in [1.807, 2.05) is 36.0 Å². The first-order chi connectivity index (χ1) is 7.75. The molecular weight excluding hydrogens is 335 g/mol. The average Bonchev–Trinajstić information content (AvgIpc) is 2.74. The van der Waals surface area contributed by atoms with E-state index in [4.69, 9.17) is 0 Å². The molecule has 5 heteroatoms. The number of benzene rings is 1. The third-order valence-electron chi connectivity index (χ3n) is 2.39. The van der Waals surface area contributed by atoms with Crippen LogP contribution >= 0.6 is 34.4 Å². The summed E-state index contributed by atoms with van der Waals surface area (Å²) >= 11 is 4.10. The van der Waals surface area contributed by atoms with Crippen LogP contribution in [0.4, 0.5) is 10.5 Å². The summed E-state index contributed by atoms with van der Waals surface area (Å²) in [5, 5.41) is 5.85. The van der Waals surface area contributed by atoms with Crippen molar-refractivity contribution >= 4 is 46.1 Å². The van der Waals surface area contributed by atoms with E-state index in [2.05, 4.69) is 33.2 Å². The van der Waals surface area contributed by atoms with E-state index in [0.717, 1.165) is 27.2 Å². The molecule has 2 rings (SSSR count). The van der Waals surface area contributed by atoms with Crippen LogP contribution in [0.2, 0.25) is 0 Å². The normalized spacial score (nSPS) is 19.4. The highest BCUT2D eigenvalue weighted by molar-refractivity contribution is 14.1. The van der Waals surface area contributed by atoms with Crippen LogP contribution in [0.15, 0.2) is 24.3 Å². The fraction of sp³-hybridized carbons (Fsp3) is 0.364. The number of amides is 2. The Morgan fingerprint density at radius 3 is 2.94 bits per heavy atom. The van der Waals surface area contributed by atoms with E-state index in [1.54, 1.807) is 0 Å². The molecule has 86 valence electrons. The first-order valence-corrected chi connectivity index (χ1v) is 7.39. The zero-order valence-corrected chi connectivity index (χ0v) is 11.7. The average molecular weight is 348 g/mol. The fourth-order valence-corrected chi connectivity index (χ4v) is 3.23. The number of thioether (sulfide) groups is 1. The first kappa shape index (κ1) is 12.0. The first-order valence-electron chi connectivity index (χ1n) is 5.15. The van der Waals surface area contributed by atoms with Crippen molar-refractivity contribution in [3.63, 3.8) is 0 Å². The predicted octanol–water partition coefficient (Wildman–Crippen LogP) is 2.92. The Bertz CT molecular complexity index is 380. The van der Waals surface area contributed by atoms with Crippen molar-refractivity contribution in [3.8, 4) is 0 Å². The van der Waals surface area contributed by atoms with Gasteiger partial charge in [0.05, 0.1) is 5.69 Å². The van der Waals surface area contributed by atoms with Crippen molar-refractivity contribution in [2.24, 2.45) is 0 Å². The number of carbonyl (C=O) groups is 1. The van der Waals surface area contributed by atoms with Crippen LogP contribution in [-0.4, -0.2) is 23.6 Å². The van der Waals surface area contributed by atoms with E-state index < -0.39 is 0 Å². The molecule has 1 aliphatic rings. The van der Waals surface area contributed by atoms with Crippen molar-refractivity contribution in [2.75, 3.05) is 16.8 Å². The number of urea groups is 1. The monoisotopic (exact) mass is 348 g/mol. The van der Waals surface area contributed by atoms with Crippen LogP contribution in [0.25, 0.3) is 0 Å². The van der Waals surface area contributed by atoms with E-state index in [-0.39, 0.29) is 6.03 Å². The molecule has 0 bridgehead atoms. The minimum atomic E-state index is -0.100. The molecule has 16 heavy (non-hydrogen) atoms. The Hall–Kier alpha value is -0.430. The fourth-order valence-electron chi connectivity index (χ4n) is 1.55. The number of para-hydroxylation sites is 1. The van der Waals surface area contributed by atoms with Crippen LogP contribution in [0.1, 0.15) is 6.42 Å². The molecular formula is C11H13IN2OS. The van der Waals surface area contributed by atoms with Crippen molar-refractivity contribution in [1.29, 1.82) is 0 Å². The maximum Gasteiger partial charge on any atom is 0.319 e. The Morgan fingerprint density at radius 2 is 2.25 bits per heavy atom. The Morgan fingerprint density at radius 1 is 1.44 bits per heavy atom. The minimum absolute atomic E-state index is 0.100. The van der Waals surface area contributed by atoms with Crippen molar-refractivity contribution in [1.82, 2.24) is 5.32 Å². The van der Waals surface area contributed by atoms with Gasteiger partial charge in [-0.15, -0.1) is 0 Å². The van der Waals surface area contributed by atoms with Crippen LogP contribution in [0, 0.1) is 3.57 Å². The number of hydrogen-bond donors (Lipinski definition) is 2. The molecule has 1 atom stereocenters. The molecule has 0 unspecified atom stereocenters. The van der Waals surface area contributed by atoms with E-state index in [0.29, 0.717) is 6.04 Å². The lowest BCUT2D eigenvalue weighted by molar-refractivity contribution is 0.249. The zero-order valence-electron chi connectivity index (χ0n) is 8.70. The van der Waals surface area contributed by atoms with Gasteiger partial charge in [0.15, 0.2) is 0 Å². The Balaban J connectivity index is 1.89. The second kappa shape index (κ2) is 5.77. The maximum atomic E-state index is 11.7. The van der Waals surface area contributed by atoms with Gasteiger partial charge in [-0.2, -0.15) is 11.8 Å². The summed E-state index contributed by atoms with van der Waals surface area (Å²) < 4.78 is 1.05. The second-order valence-electron chi connectivity index (χ2n) is 3.64. The molecule has 0 aliphatic carbocycles. The molecule has 1 saturated heterocycles. The molecule has 0 radical (unpaired) electrons. The van der Waals surface area contributed by atoms with Gasteiger partial charge >= 0.3 is 6.03 Å². The van der Waals surface area contributed by atoms with Gasteiger partial charge in [-0.1, -0.05) is 12.1 Å². The van der Waals surface area contributed by atoms with Gasteiger partial charge < -0.3 is 10.6 Å². The highest BCUT2D eigenvalue weighted by Gasteiger charge is 2.17. The van der Waals surface area contributed by atoms with Gasteiger partial charge in [-0.3, -0.25) is 0 Å². The highest BCUT2D eigenvalue weighted by atomic mass is 127. The van der Waals surface area contributed by atoms with Gasteiger partial charge in [0, 0.05) is 15.4 Å². The smallest absolute Gasteiger partial charge is 0.319 e. The van der Waals surface area contributed by atoms with E-state index in [9.17, 15) is 4.79 Å². The topological polar surface area (TPSA) is 41.1 Å². The third kappa shape index (κ3) is 3.28. The largest absolute Gasteiger partial charge is 0.334 e. The molecule has 0 spiro atoms. The predicted molar refractivity (Wildman–Crippen MR) is 77.0 cm³/mol. The molecule has 0 saturated carbocycles. The molecule has 0 aromatic heterocycles. The summed E-state index contributed by atoms with van der Waals surface area (Å²) in [6.07, 6.45) is 1.07. The molecule has 1 fully saturated rings. The summed E-state index contributed by atoms with van der Waals surface area (Å²) in [6.45, 7) is 0. The molecule has 2 N–H and O–H groups in total. The van der Waals surface area contributed by atoms with Gasteiger partial charge in [-0.05, 0) is 46.9 Å². The SMILES string of the molecule is O=C(Nc1ccccc1I)N[C@@H]1CCSC1. The van der Waals surface area contributed by atoms with Gasteiger partial charge in [0.25, 0.3) is 0 Å². The lowest BCUT2D eigenvalue weighted by Crippen LogP contribution is -2.37. The molecule has 1 aromatic rings. The van der Waals surface area contributed by atoms with E-state index >= 15 is 0 Å². The number of anilines is 1. The molecule has 2 amide bonds. The third-order valence-corrected chi connectivity index (χ3v) is 4.49. The van der Waals surface area contributed by atoms with Gasteiger partial charge in [-0.25, -0.2) is 4.79 Å². The molecule has 1 aromatic carbocycles. The maximum absolute atomic E-state index is 11.7. The number of nitrogens with one attached hydrogen (secondary N) is 2. The number of rotatable bonds is 2. The van der Waals surface area contributed by atoms with Crippen LogP contribution < -0.4 is 10.6 Å². The summed E-state index contributed by atoms with van der Waals surface area (Å²) in [4.78, 5) is 11.7. The highest BCUT2D eigenvalue weighted by Crippen LogP contribution is 2.19. The quantitative estimate of drug-likeness (QED) is 0.807. The van der Waals surface area contributed by atoms with Crippen LogP contribution in [0.3, 0.4) is 0 Å². The standard InChI is InChI=1S/C11H13IN2OS/c12-9-3-1-2-4-10(9)14-11(15)13-8-5-6-16-7-8/h1-4,8H,5-7H2,(H2,13,14,15)/t8-/m1/s1. The van der Waals surface area contributed by atoms with Gasteiger partial charge in [0.1, 0.15) is 0 Å². The summed E-state index contributed by atoms with van der Waals surface area (Å²) in [5.41, 5.74) is 0.867. The number of halogens is 1. The lowest BCUT2D eigenvalue weighted by atomic mass is 10.3. The zero-order chi connectivity index (χ0) is 11.4. The minimum Gasteiger partial charge on any atom is -0.334 e. The second-order valence-corrected chi connectivity index (χ2v) is 5.95. The van der Waals surface area contributed by atoms with Crippen molar-refractivity contribution in [3.05, 3.63) is 27.8 Å². The summed E-state index contributed by atoms with van der Waals surface area (Å²) in [6, 6.07) is 7.98. The molecule has 1 aliphatic heterocycles. The van der Waals surface area contributed by atoms with E-state index in [1.165, 1.54) is 0 Å². The lowest BCUT2D eigenvalue weighted by Gasteiger charge is -2.13. The Labute approximate surface area is 113 Å². The number of carbonyl (C=O) groups excluding carboxylic acids is 1. The number of hydrogen-bond acceptors (Lipinski definition) is 2. The van der Waals surface area contributed by atoms with Crippen LogP contribution in [0.5, 0.6) is 0 Å². The van der Waals surface area contributed by atoms with Gasteiger partial charge in [0.2, 0.25) is 0 Å². The summed E-state index contributed by atoms with van der Waals surface area (Å²) in [7, 11) is 0. The molecule has 1 heterocycles. The van der Waals surface area contributed by atoms with Crippen LogP contribution in [-0.2, 0) is 0 Å². The molecule has 3 nitrogen and oxygen atoms in total. The summed E-state index contributed by atoms with van der Waals surface area (Å²) in [5.74, 6) is 2.17. The Kier molecular flexibility index (Phi) is 4.34.